The highest BCUT2D eigenvalue weighted by molar-refractivity contribution is 5.91. The first-order valence-electron chi connectivity index (χ1n) is 9.25. The van der Waals surface area contributed by atoms with Gasteiger partial charge in [-0.1, -0.05) is 20.4 Å². The minimum Gasteiger partial charge on any atom is -0.461 e. The Morgan fingerprint density at radius 3 is 2.67 bits per heavy atom. The maximum Gasteiger partial charge on any atom is 0.334 e. The van der Waals surface area contributed by atoms with Gasteiger partial charge in [-0.15, -0.1) is 0 Å². The Labute approximate surface area is 159 Å². The zero-order valence-electron chi connectivity index (χ0n) is 16.5. The molecule has 2 fully saturated rings. The van der Waals surface area contributed by atoms with E-state index in [0.29, 0.717) is 5.57 Å². The van der Waals surface area contributed by atoms with E-state index in [0.717, 1.165) is 0 Å². The van der Waals surface area contributed by atoms with Gasteiger partial charge in [-0.05, 0) is 25.5 Å². The summed E-state index contributed by atoms with van der Waals surface area (Å²) in [6.45, 7) is 10.9. The topological polar surface area (TPSA) is 91.3 Å². The third-order valence-electron chi connectivity index (χ3n) is 5.92. The van der Waals surface area contributed by atoms with Crippen molar-refractivity contribution in [3.63, 3.8) is 0 Å². The fraction of sp³-hybridized carbons (Fsp3) is 0.700. The van der Waals surface area contributed by atoms with Crippen LogP contribution in [0.15, 0.2) is 23.8 Å². The van der Waals surface area contributed by atoms with Gasteiger partial charge in [-0.3, -0.25) is 4.79 Å². The van der Waals surface area contributed by atoms with Crippen molar-refractivity contribution in [3.8, 4) is 0 Å². The van der Waals surface area contributed by atoms with Gasteiger partial charge in [0.15, 0.2) is 5.79 Å². The maximum atomic E-state index is 12.3. The summed E-state index contributed by atoms with van der Waals surface area (Å²) in [5, 5.41) is 10.7. The first kappa shape index (κ1) is 20.0. The van der Waals surface area contributed by atoms with Gasteiger partial charge in [0.1, 0.15) is 12.2 Å². The van der Waals surface area contributed by atoms with Crippen LogP contribution in [-0.2, 0) is 28.5 Å². The fourth-order valence-corrected chi connectivity index (χ4v) is 4.14. The predicted octanol–water partition coefficient (Wildman–Crippen LogP) is 1.88. The summed E-state index contributed by atoms with van der Waals surface area (Å²) < 4.78 is 23.1. The molecule has 150 valence electrons. The third-order valence-corrected chi connectivity index (χ3v) is 5.92. The number of esters is 2. The molecule has 7 nitrogen and oxygen atoms in total. The average molecular weight is 380 g/mol. The van der Waals surface area contributed by atoms with Crippen molar-refractivity contribution in [1.29, 1.82) is 0 Å². The molecule has 3 aliphatic heterocycles. The molecule has 7 heteroatoms. The standard InChI is InChI=1S/C20H28O7/c1-10(2)17(22)26-14-8-19(5)15(21)9-20(24-6,27-19)11(3)7-13-16(14)12(4)18(23)25-13/h7,10,13-16,21H,4,8-9H2,1-3,5-6H3/b11-7-/t13-,14-,15+,16+,19+,20-/m1/s1. The zero-order valence-corrected chi connectivity index (χ0v) is 16.5. The summed E-state index contributed by atoms with van der Waals surface area (Å²) in [6, 6.07) is 0. The Kier molecular flexibility index (Phi) is 4.99. The molecule has 0 aromatic rings. The Hall–Kier alpha value is -1.70. The van der Waals surface area contributed by atoms with Crippen LogP contribution in [0.4, 0.5) is 0 Å². The molecule has 0 spiro atoms. The van der Waals surface area contributed by atoms with Crippen molar-refractivity contribution in [2.75, 3.05) is 7.11 Å². The first-order chi connectivity index (χ1) is 12.5. The smallest absolute Gasteiger partial charge is 0.334 e. The van der Waals surface area contributed by atoms with Crippen LogP contribution in [0, 0.1) is 11.8 Å². The van der Waals surface area contributed by atoms with Gasteiger partial charge >= 0.3 is 11.9 Å². The van der Waals surface area contributed by atoms with Crippen LogP contribution >= 0.6 is 0 Å². The van der Waals surface area contributed by atoms with Crippen molar-refractivity contribution in [1.82, 2.24) is 0 Å². The number of carbonyl (C=O) groups is 2. The molecular weight excluding hydrogens is 352 g/mol. The monoisotopic (exact) mass is 380 g/mol. The highest BCUT2D eigenvalue weighted by Crippen LogP contribution is 2.49. The molecule has 27 heavy (non-hydrogen) atoms. The lowest BCUT2D eigenvalue weighted by molar-refractivity contribution is -0.223. The second kappa shape index (κ2) is 6.72. The number of methoxy groups -OCH3 is 1. The van der Waals surface area contributed by atoms with E-state index in [-0.39, 0.29) is 30.3 Å². The van der Waals surface area contributed by atoms with Crippen molar-refractivity contribution >= 4 is 11.9 Å². The van der Waals surface area contributed by atoms with E-state index in [1.165, 1.54) is 7.11 Å². The Morgan fingerprint density at radius 2 is 2.07 bits per heavy atom. The van der Waals surface area contributed by atoms with E-state index in [2.05, 4.69) is 6.58 Å². The minimum atomic E-state index is -1.12. The van der Waals surface area contributed by atoms with Gasteiger partial charge in [-0.25, -0.2) is 4.79 Å². The van der Waals surface area contributed by atoms with Crippen LogP contribution in [0.3, 0.4) is 0 Å². The number of rotatable bonds is 3. The highest BCUT2D eigenvalue weighted by atomic mass is 16.7. The molecule has 0 aromatic carbocycles. The summed E-state index contributed by atoms with van der Waals surface area (Å²) in [5.41, 5.74) is -0.0672. The van der Waals surface area contributed by atoms with Gasteiger partial charge in [0, 0.05) is 25.5 Å². The van der Waals surface area contributed by atoms with E-state index in [1.54, 1.807) is 26.8 Å². The summed E-state index contributed by atoms with van der Waals surface area (Å²) in [5.74, 6) is -2.90. The van der Waals surface area contributed by atoms with E-state index in [4.69, 9.17) is 18.9 Å². The van der Waals surface area contributed by atoms with Gasteiger partial charge in [0.25, 0.3) is 0 Å². The van der Waals surface area contributed by atoms with E-state index < -0.39 is 41.6 Å². The number of hydrogen-bond donors (Lipinski definition) is 1. The normalized spacial score (nSPS) is 43.3. The molecule has 0 saturated carbocycles. The summed E-state index contributed by atoms with van der Waals surface area (Å²) >= 11 is 0. The van der Waals surface area contributed by atoms with Crippen LogP contribution in [0.5, 0.6) is 0 Å². The molecular formula is C20H28O7. The van der Waals surface area contributed by atoms with Gasteiger partial charge < -0.3 is 24.1 Å². The van der Waals surface area contributed by atoms with Crippen LogP contribution < -0.4 is 0 Å². The Morgan fingerprint density at radius 1 is 1.41 bits per heavy atom. The maximum absolute atomic E-state index is 12.3. The number of hydrogen-bond acceptors (Lipinski definition) is 7. The highest BCUT2D eigenvalue weighted by Gasteiger charge is 2.59. The minimum absolute atomic E-state index is 0.190. The number of ether oxygens (including phenoxy) is 4. The van der Waals surface area contributed by atoms with Crippen molar-refractivity contribution in [2.45, 2.75) is 70.2 Å². The van der Waals surface area contributed by atoms with Crippen molar-refractivity contribution < 1.29 is 33.6 Å². The van der Waals surface area contributed by atoms with E-state index >= 15 is 0 Å². The summed E-state index contributed by atoms with van der Waals surface area (Å²) in [6.07, 6.45) is -0.00721. The van der Waals surface area contributed by atoms with Crippen LogP contribution in [0.1, 0.15) is 40.5 Å². The Bertz CT molecular complexity index is 696. The van der Waals surface area contributed by atoms with Crippen LogP contribution in [-0.4, -0.2) is 53.9 Å². The quantitative estimate of drug-likeness (QED) is 0.454. The van der Waals surface area contributed by atoms with Gasteiger partial charge in [0.2, 0.25) is 0 Å². The largest absolute Gasteiger partial charge is 0.461 e. The number of aliphatic hydroxyl groups is 1. The summed E-state index contributed by atoms with van der Waals surface area (Å²) in [7, 11) is 1.51. The molecule has 2 saturated heterocycles. The molecule has 0 aliphatic carbocycles. The molecule has 0 radical (unpaired) electrons. The molecule has 0 unspecified atom stereocenters. The molecule has 3 rings (SSSR count). The van der Waals surface area contributed by atoms with Crippen LogP contribution in [0.25, 0.3) is 0 Å². The molecule has 6 atom stereocenters. The molecule has 1 N–H and O–H groups in total. The average Bonchev–Trinajstić information content (AvgIpc) is 3.01. The van der Waals surface area contributed by atoms with E-state index in [9.17, 15) is 14.7 Å². The molecule has 0 aromatic heterocycles. The second-order valence-corrected chi connectivity index (χ2v) is 8.20. The third kappa shape index (κ3) is 3.22. The lowest BCUT2D eigenvalue weighted by Gasteiger charge is -2.35. The number of carbonyl (C=O) groups excluding carboxylic acids is 2. The van der Waals surface area contributed by atoms with Gasteiger partial charge in [0.05, 0.1) is 23.5 Å². The predicted molar refractivity (Wildman–Crippen MR) is 95.5 cm³/mol. The fourth-order valence-electron chi connectivity index (χ4n) is 4.14. The number of fused-ring (bicyclic) bond motifs is 3. The second-order valence-electron chi connectivity index (χ2n) is 8.20. The summed E-state index contributed by atoms with van der Waals surface area (Å²) in [4.78, 5) is 24.5. The van der Waals surface area contributed by atoms with Gasteiger partial charge in [-0.2, -0.15) is 0 Å². The number of aliphatic hydroxyl groups excluding tert-OH is 1. The van der Waals surface area contributed by atoms with Crippen LogP contribution in [0.2, 0.25) is 0 Å². The van der Waals surface area contributed by atoms with E-state index in [1.807, 2.05) is 6.92 Å². The Balaban J connectivity index is 2.08. The molecule has 3 aliphatic rings. The molecule has 2 bridgehead atoms. The SMILES string of the molecule is C=C1C(=O)O[C@@H]2/C=C(/C)[C@@]3(OC)C[C@H](O)[C@](C)(C[C@@H](OC(=O)C(C)C)[C@@H]12)O3. The first-order valence-corrected chi connectivity index (χ1v) is 9.25. The zero-order chi connectivity index (χ0) is 20.1. The lowest BCUT2D eigenvalue weighted by atomic mass is 9.80. The molecule has 3 heterocycles. The lowest BCUT2D eigenvalue weighted by Crippen LogP contribution is -2.45. The van der Waals surface area contributed by atoms with Crippen molar-refractivity contribution in [3.05, 3.63) is 23.8 Å². The molecule has 0 amide bonds. The van der Waals surface area contributed by atoms with Crippen molar-refractivity contribution in [2.24, 2.45) is 11.8 Å².